The summed E-state index contributed by atoms with van der Waals surface area (Å²) in [6.07, 6.45) is 0.225. The lowest BCUT2D eigenvalue weighted by Crippen LogP contribution is -2.67. The number of Topliss-reactive ketones (excluding diaryl/α,β-unsaturated/α-hetero) is 1. The zero-order chi connectivity index (χ0) is 23.0. The molecule has 2 atom stereocenters. The molecule has 0 saturated carbocycles. The first-order chi connectivity index (χ1) is 15.2. The number of benzene rings is 3. The van der Waals surface area contributed by atoms with Crippen LogP contribution in [0.3, 0.4) is 0 Å². The van der Waals surface area contributed by atoms with E-state index in [-0.39, 0.29) is 23.3 Å². The van der Waals surface area contributed by atoms with Gasteiger partial charge in [0.05, 0.1) is 6.10 Å². The van der Waals surface area contributed by atoms with Crippen LogP contribution in [0.2, 0.25) is 5.04 Å². The van der Waals surface area contributed by atoms with E-state index in [9.17, 15) is 9.90 Å². The van der Waals surface area contributed by atoms with Gasteiger partial charge in [-0.3, -0.25) is 4.79 Å². The summed E-state index contributed by atoms with van der Waals surface area (Å²) >= 11 is 0. The Morgan fingerprint density at radius 1 is 0.906 bits per heavy atom. The predicted molar refractivity (Wildman–Crippen MR) is 132 cm³/mol. The van der Waals surface area contributed by atoms with Crippen LogP contribution in [0.25, 0.3) is 0 Å². The molecule has 0 heterocycles. The summed E-state index contributed by atoms with van der Waals surface area (Å²) in [6.45, 7) is 8.20. The maximum absolute atomic E-state index is 12.5. The first-order valence-electron chi connectivity index (χ1n) is 11.3. The van der Waals surface area contributed by atoms with E-state index in [2.05, 4.69) is 75.4 Å². The van der Waals surface area contributed by atoms with E-state index in [0.717, 1.165) is 11.1 Å². The highest BCUT2D eigenvalue weighted by Gasteiger charge is 2.53. The minimum absolute atomic E-state index is 0.184. The van der Waals surface area contributed by atoms with Crippen LogP contribution in [-0.4, -0.2) is 24.8 Å². The molecule has 0 aliphatic heterocycles. The lowest BCUT2D eigenvalue weighted by atomic mass is 9.77. The lowest BCUT2D eigenvalue weighted by Gasteiger charge is -2.47. The van der Waals surface area contributed by atoms with Crippen molar-refractivity contribution in [3.8, 4) is 0 Å². The van der Waals surface area contributed by atoms with Crippen LogP contribution in [0.4, 0.5) is 0 Å². The molecule has 166 valence electrons. The summed E-state index contributed by atoms with van der Waals surface area (Å²) in [7, 11) is -2.82. The number of carbonyl (C=O) groups excluding carboxylic acids is 1. The Bertz CT molecular complexity index is 1050. The molecule has 0 unspecified atom stereocenters. The van der Waals surface area contributed by atoms with Crippen LogP contribution in [0, 0.1) is 0 Å². The molecule has 1 aliphatic rings. The quantitative estimate of drug-likeness (QED) is 0.587. The Balaban J connectivity index is 1.93. The molecule has 1 aliphatic carbocycles. The largest absolute Gasteiger partial charge is 0.400 e. The van der Waals surface area contributed by atoms with Gasteiger partial charge in [0.2, 0.25) is 0 Å². The Hall–Kier alpha value is -2.53. The highest BCUT2D eigenvalue weighted by atomic mass is 28.4. The third-order valence-corrected chi connectivity index (χ3v) is 11.8. The molecule has 0 spiro atoms. The fourth-order valence-electron chi connectivity index (χ4n) is 5.09. The summed E-state index contributed by atoms with van der Waals surface area (Å²) in [6, 6.07) is 29.0. The van der Waals surface area contributed by atoms with E-state index in [0.29, 0.717) is 6.42 Å². The van der Waals surface area contributed by atoms with Gasteiger partial charge in [-0.1, -0.05) is 106 Å². The molecule has 0 amide bonds. The van der Waals surface area contributed by atoms with Crippen molar-refractivity contribution in [3.63, 3.8) is 0 Å². The van der Waals surface area contributed by atoms with E-state index >= 15 is 0 Å². The topological polar surface area (TPSA) is 46.5 Å². The van der Waals surface area contributed by atoms with Gasteiger partial charge >= 0.3 is 0 Å². The number of carbonyl (C=O) groups is 1. The van der Waals surface area contributed by atoms with E-state index in [4.69, 9.17) is 4.43 Å². The van der Waals surface area contributed by atoms with Gasteiger partial charge in [0.25, 0.3) is 8.32 Å². The number of fused-ring (bicyclic) bond motifs is 1. The highest BCUT2D eigenvalue weighted by Crippen LogP contribution is 2.45. The van der Waals surface area contributed by atoms with Crippen molar-refractivity contribution >= 4 is 24.5 Å². The van der Waals surface area contributed by atoms with Crippen LogP contribution in [0.15, 0.2) is 84.9 Å². The summed E-state index contributed by atoms with van der Waals surface area (Å²) in [5.74, 6) is -0.206. The van der Waals surface area contributed by atoms with E-state index in [1.807, 2.05) is 30.3 Å². The van der Waals surface area contributed by atoms with Crippen molar-refractivity contribution in [2.24, 2.45) is 0 Å². The predicted octanol–water partition coefficient (Wildman–Crippen LogP) is 4.57. The summed E-state index contributed by atoms with van der Waals surface area (Å²) in [5.41, 5.74) is 0.649. The maximum atomic E-state index is 12.5. The molecule has 0 aromatic heterocycles. The molecule has 4 rings (SSSR count). The second-order valence-electron chi connectivity index (χ2n) is 9.94. The third-order valence-electron chi connectivity index (χ3n) is 6.80. The number of hydrogen-bond acceptors (Lipinski definition) is 3. The van der Waals surface area contributed by atoms with Gasteiger partial charge < -0.3 is 9.53 Å². The van der Waals surface area contributed by atoms with Crippen molar-refractivity contribution in [2.45, 2.75) is 57.3 Å². The van der Waals surface area contributed by atoms with Crippen LogP contribution >= 0.6 is 0 Å². The normalized spacial score (nSPS) is 21.1. The van der Waals surface area contributed by atoms with Gasteiger partial charge in [-0.25, -0.2) is 0 Å². The van der Waals surface area contributed by atoms with Crippen molar-refractivity contribution < 1.29 is 14.3 Å². The number of ketones is 1. The van der Waals surface area contributed by atoms with Crippen molar-refractivity contribution in [2.75, 3.05) is 0 Å². The van der Waals surface area contributed by atoms with Crippen molar-refractivity contribution in [1.29, 1.82) is 0 Å². The Labute approximate surface area is 192 Å². The van der Waals surface area contributed by atoms with E-state index in [1.54, 1.807) is 0 Å². The van der Waals surface area contributed by atoms with Gasteiger partial charge in [-0.2, -0.15) is 0 Å². The SMILES string of the molecule is CC(=O)[C@]1(O)Cc2ccccc2[C@@H](O[Si](c2ccccc2)(c2ccccc2)C(C)(C)C)C1. The number of rotatable bonds is 5. The minimum Gasteiger partial charge on any atom is -0.400 e. The highest BCUT2D eigenvalue weighted by molar-refractivity contribution is 6.99. The average molecular weight is 445 g/mol. The van der Waals surface area contributed by atoms with Crippen molar-refractivity contribution in [1.82, 2.24) is 0 Å². The minimum atomic E-state index is -2.82. The smallest absolute Gasteiger partial charge is 0.261 e. The Morgan fingerprint density at radius 3 is 1.91 bits per heavy atom. The fourth-order valence-corrected chi connectivity index (χ4v) is 9.74. The van der Waals surface area contributed by atoms with E-state index < -0.39 is 13.9 Å². The monoisotopic (exact) mass is 444 g/mol. The van der Waals surface area contributed by atoms with Gasteiger partial charge in [0.1, 0.15) is 5.60 Å². The molecule has 3 aromatic rings. The molecule has 3 nitrogen and oxygen atoms in total. The molecule has 3 aromatic carbocycles. The average Bonchev–Trinajstić information content (AvgIpc) is 2.77. The number of hydrogen-bond donors (Lipinski definition) is 1. The second kappa shape index (κ2) is 8.43. The van der Waals surface area contributed by atoms with Crippen LogP contribution in [-0.2, 0) is 15.6 Å². The summed E-state index contributed by atoms with van der Waals surface area (Å²) in [4.78, 5) is 12.5. The first-order valence-corrected chi connectivity index (χ1v) is 13.2. The van der Waals surface area contributed by atoms with Gasteiger partial charge in [0, 0.05) is 12.8 Å². The van der Waals surface area contributed by atoms with Crippen LogP contribution in [0.1, 0.15) is 51.3 Å². The first kappa shape index (κ1) is 22.7. The molecule has 4 heteroatoms. The van der Waals surface area contributed by atoms with Gasteiger partial charge in [0.15, 0.2) is 5.78 Å². The zero-order valence-corrected chi connectivity index (χ0v) is 20.3. The zero-order valence-electron chi connectivity index (χ0n) is 19.3. The molecule has 0 fully saturated rings. The summed E-state index contributed by atoms with van der Waals surface area (Å²) < 4.78 is 7.31. The molecular formula is C28H32O3Si. The van der Waals surface area contributed by atoms with E-state index in [1.165, 1.54) is 17.3 Å². The molecule has 0 saturated heterocycles. The Kier molecular flexibility index (Phi) is 5.97. The van der Waals surface area contributed by atoms with Crippen molar-refractivity contribution in [3.05, 3.63) is 96.1 Å². The molecular weight excluding hydrogens is 412 g/mol. The molecule has 1 N–H and O–H groups in total. The molecule has 0 bridgehead atoms. The fraction of sp³-hybridized carbons (Fsp3) is 0.321. The lowest BCUT2D eigenvalue weighted by molar-refractivity contribution is -0.139. The standard InChI is InChI=1S/C28H32O3Si/c1-21(29)28(30)19-22-13-11-12-18-25(22)26(20-28)31-32(27(2,3)4,23-14-7-5-8-15-23)24-16-9-6-10-17-24/h5-18,26,30H,19-20H2,1-4H3/t26-,28-/m0/s1. The second-order valence-corrected chi connectivity index (χ2v) is 14.2. The molecule has 32 heavy (non-hydrogen) atoms. The van der Waals surface area contributed by atoms with Crippen LogP contribution in [0.5, 0.6) is 0 Å². The maximum Gasteiger partial charge on any atom is 0.261 e. The Morgan fingerprint density at radius 2 is 1.41 bits per heavy atom. The van der Waals surface area contributed by atoms with Crippen LogP contribution < -0.4 is 10.4 Å². The van der Waals surface area contributed by atoms with Gasteiger partial charge in [-0.15, -0.1) is 0 Å². The summed E-state index contributed by atoms with van der Waals surface area (Å²) in [5, 5.41) is 13.5. The number of aliphatic hydroxyl groups is 1. The third kappa shape index (κ3) is 3.87. The van der Waals surface area contributed by atoms with Gasteiger partial charge in [-0.05, 0) is 33.5 Å². The molecule has 0 radical (unpaired) electrons.